The summed E-state index contributed by atoms with van der Waals surface area (Å²) >= 11 is 1.88. The van der Waals surface area contributed by atoms with E-state index in [0.717, 1.165) is 24.2 Å². The Labute approximate surface area is 184 Å². The number of hydrogen-bond donors (Lipinski definition) is 2. The number of aromatic nitrogens is 3. The van der Waals surface area contributed by atoms with Gasteiger partial charge in [-0.2, -0.15) is 0 Å². The van der Waals surface area contributed by atoms with Crippen molar-refractivity contribution in [3.63, 3.8) is 0 Å². The molecule has 2 aliphatic rings. The fraction of sp³-hybridized carbons (Fsp3) is 0.682. The monoisotopic (exact) mass is 429 g/mol. The number of hydrogen-bond acceptors (Lipinski definition) is 5. The summed E-state index contributed by atoms with van der Waals surface area (Å²) < 4.78 is 2.01. The number of aryl methyl sites for hydroxylation is 1. The molecule has 0 amide bonds. The molecule has 0 radical (unpaired) electrons. The molecule has 1 saturated carbocycles. The Balaban J connectivity index is 1.45. The van der Waals surface area contributed by atoms with Crippen molar-refractivity contribution in [2.24, 2.45) is 18.0 Å². The highest BCUT2D eigenvalue weighted by atomic mass is 32.1. The van der Waals surface area contributed by atoms with E-state index < -0.39 is 0 Å². The van der Waals surface area contributed by atoms with Gasteiger partial charge < -0.3 is 15.2 Å². The Morgan fingerprint density at radius 1 is 1.20 bits per heavy atom. The predicted molar refractivity (Wildman–Crippen MR) is 123 cm³/mol. The van der Waals surface area contributed by atoms with Crippen LogP contribution < -0.4 is 10.6 Å². The van der Waals surface area contributed by atoms with Crippen molar-refractivity contribution in [3.8, 4) is 0 Å². The molecule has 8 heteroatoms. The number of piperidine rings is 1. The molecule has 0 bridgehead atoms. The third kappa shape index (κ3) is 5.03. The van der Waals surface area contributed by atoms with Crippen molar-refractivity contribution < 1.29 is 0 Å². The Bertz CT molecular complexity index is 823. The zero-order valence-electron chi connectivity index (χ0n) is 18.5. The predicted octanol–water partition coefficient (Wildman–Crippen LogP) is 3.25. The van der Waals surface area contributed by atoms with Crippen molar-refractivity contribution in [1.82, 2.24) is 30.3 Å². The summed E-state index contributed by atoms with van der Waals surface area (Å²) in [6, 6.07) is 5.47. The van der Waals surface area contributed by atoms with Crippen molar-refractivity contribution in [3.05, 3.63) is 34.0 Å². The molecule has 2 fully saturated rings. The van der Waals surface area contributed by atoms with E-state index in [1.165, 1.54) is 49.9 Å². The second kappa shape index (κ2) is 9.92. The van der Waals surface area contributed by atoms with E-state index in [4.69, 9.17) is 4.99 Å². The van der Waals surface area contributed by atoms with E-state index in [2.05, 4.69) is 50.3 Å². The molecular formula is C22H35N7S. The fourth-order valence-electron chi connectivity index (χ4n) is 4.76. The standard InChI is InChI=1S/C22H35N7S/c1-16-26-27-20(29(16)3)15-24-22(25-18-9-4-5-10-18)23-14-17-8-6-12-28(2)21(17)19-11-7-13-30-19/h7,11,13,17-18,21H,4-6,8-10,12,14-15H2,1-3H3,(H2,23,24,25). The van der Waals surface area contributed by atoms with E-state index in [1.54, 1.807) is 0 Å². The minimum atomic E-state index is 0.486. The van der Waals surface area contributed by atoms with Gasteiger partial charge in [-0.1, -0.05) is 18.9 Å². The number of nitrogens with zero attached hydrogens (tertiary/aromatic N) is 5. The molecule has 2 atom stereocenters. The van der Waals surface area contributed by atoms with E-state index in [0.29, 0.717) is 24.5 Å². The third-order valence-electron chi connectivity index (χ3n) is 6.63. The van der Waals surface area contributed by atoms with Crippen LogP contribution in [0.3, 0.4) is 0 Å². The van der Waals surface area contributed by atoms with Crippen molar-refractivity contribution >= 4 is 17.3 Å². The van der Waals surface area contributed by atoms with Crippen molar-refractivity contribution in [2.75, 3.05) is 20.1 Å². The molecular weight excluding hydrogens is 394 g/mol. The molecule has 1 saturated heterocycles. The molecule has 164 valence electrons. The minimum Gasteiger partial charge on any atom is -0.356 e. The zero-order valence-corrected chi connectivity index (χ0v) is 19.3. The fourth-order valence-corrected chi connectivity index (χ4v) is 5.75. The highest BCUT2D eigenvalue weighted by Crippen LogP contribution is 2.36. The second-order valence-corrected chi connectivity index (χ2v) is 9.72. The first-order chi connectivity index (χ1) is 14.6. The van der Waals surface area contributed by atoms with Crippen LogP contribution in [-0.4, -0.2) is 51.8 Å². The van der Waals surface area contributed by atoms with Gasteiger partial charge in [-0.25, -0.2) is 4.99 Å². The van der Waals surface area contributed by atoms with Crippen molar-refractivity contribution in [2.45, 2.75) is 64.1 Å². The van der Waals surface area contributed by atoms with Gasteiger partial charge in [0.25, 0.3) is 0 Å². The largest absolute Gasteiger partial charge is 0.356 e. The molecule has 7 nitrogen and oxygen atoms in total. The third-order valence-corrected chi connectivity index (χ3v) is 7.57. The van der Waals surface area contributed by atoms with Crippen LogP contribution in [0, 0.1) is 12.8 Å². The Morgan fingerprint density at radius 2 is 2.03 bits per heavy atom. The van der Waals surface area contributed by atoms with Crippen LogP contribution in [0.15, 0.2) is 22.5 Å². The normalized spacial score (nSPS) is 23.8. The summed E-state index contributed by atoms with van der Waals surface area (Å²) in [6.07, 6.45) is 7.58. The summed E-state index contributed by atoms with van der Waals surface area (Å²) in [6.45, 7) is 4.62. The number of likely N-dealkylation sites (tertiary alicyclic amines) is 1. The topological polar surface area (TPSA) is 70.4 Å². The minimum absolute atomic E-state index is 0.486. The number of nitrogens with one attached hydrogen (secondary N) is 2. The number of thiophene rings is 1. The highest BCUT2D eigenvalue weighted by molar-refractivity contribution is 7.10. The van der Waals surface area contributed by atoms with Crippen LogP contribution >= 0.6 is 11.3 Å². The average Bonchev–Trinajstić information content (AvgIpc) is 3.50. The SMILES string of the molecule is Cc1nnc(CN=C(NCC2CCCN(C)C2c2cccs2)NC2CCCC2)n1C. The molecule has 2 unspecified atom stereocenters. The van der Waals surface area contributed by atoms with E-state index in [-0.39, 0.29) is 0 Å². The van der Waals surface area contributed by atoms with Gasteiger partial charge in [0.05, 0.1) is 0 Å². The van der Waals surface area contributed by atoms with Crippen LogP contribution in [0.1, 0.15) is 61.1 Å². The lowest BCUT2D eigenvalue weighted by Crippen LogP contribution is -2.47. The Hall–Kier alpha value is -1.93. The lowest BCUT2D eigenvalue weighted by atomic mass is 9.88. The van der Waals surface area contributed by atoms with E-state index in [1.807, 2.05) is 29.9 Å². The first-order valence-corrected chi connectivity index (χ1v) is 12.1. The maximum absolute atomic E-state index is 4.88. The number of guanidine groups is 1. The van der Waals surface area contributed by atoms with Crippen LogP contribution in [0.5, 0.6) is 0 Å². The molecule has 4 rings (SSSR count). The number of aliphatic imine (C=N–C) groups is 1. The maximum atomic E-state index is 4.88. The molecule has 3 heterocycles. The molecule has 30 heavy (non-hydrogen) atoms. The molecule has 1 aliphatic carbocycles. The zero-order chi connectivity index (χ0) is 20.9. The lowest BCUT2D eigenvalue weighted by molar-refractivity contribution is 0.125. The first kappa shape index (κ1) is 21.3. The summed E-state index contributed by atoms with van der Waals surface area (Å²) in [5.74, 6) is 3.31. The molecule has 1 aliphatic heterocycles. The summed E-state index contributed by atoms with van der Waals surface area (Å²) in [5, 5.41) is 18.0. The van der Waals surface area contributed by atoms with Gasteiger partial charge in [0.15, 0.2) is 11.8 Å². The second-order valence-electron chi connectivity index (χ2n) is 8.74. The van der Waals surface area contributed by atoms with Crippen LogP contribution in [0.2, 0.25) is 0 Å². The summed E-state index contributed by atoms with van der Waals surface area (Å²) in [7, 11) is 4.26. The first-order valence-electron chi connectivity index (χ1n) is 11.2. The van der Waals surface area contributed by atoms with E-state index in [9.17, 15) is 0 Å². The molecule has 2 N–H and O–H groups in total. The van der Waals surface area contributed by atoms with Crippen molar-refractivity contribution in [1.29, 1.82) is 0 Å². The van der Waals surface area contributed by atoms with Gasteiger partial charge in [0, 0.05) is 30.6 Å². The van der Waals surface area contributed by atoms with Crippen LogP contribution in [-0.2, 0) is 13.6 Å². The van der Waals surface area contributed by atoms with Gasteiger partial charge in [-0.05, 0) is 63.6 Å². The summed E-state index contributed by atoms with van der Waals surface area (Å²) in [4.78, 5) is 8.87. The lowest BCUT2D eigenvalue weighted by Gasteiger charge is -2.39. The average molecular weight is 430 g/mol. The molecule has 0 aromatic carbocycles. The number of rotatable bonds is 6. The molecule has 2 aromatic rings. The van der Waals surface area contributed by atoms with Crippen LogP contribution in [0.25, 0.3) is 0 Å². The Morgan fingerprint density at radius 3 is 2.73 bits per heavy atom. The van der Waals surface area contributed by atoms with Gasteiger partial charge in [0.2, 0.25) is 0 Å². The van der Waals surface area contributed by atoms with Gasteiger partial charge in [0.1, 0.15) is 12.4 Å². The Kier molecular flexibility index (Phi) is 7.04. The highest BCUT2D eigenvalue weighted by Gasteiger charge is 2.31. The van der Waals surface area contributed by atoms with Gasteiger partial charge in [-0.3, -0.25) is 4.90 Å². The van der Waals surface area contributed by atoms with E-state index >= 15 is 0 Å². The maximum Gasteiger partial charge on any atom is 0.191 e. The quantitative estimate of drug-likeness (QED) is 0.545. The smallest absolute Gasteiger partial charge is 0.191 e. The van der Waals surface area contributed by atoms with Gasteiger partial charge in [-0.15, -0.1) is 21.5 Å². The van der Waals surface area contributed by atoms with Gasteiger partial charge >= 0.3 is 0 Å². The van der Waals surface area contributed by atoms with Crippen LogP contribution in [0.4, 0.5) is 0 Å². The molecule has 2 aromatic heterocycles. The summed E-state index contributed by atoms with van der Waals surface area (Å²) in [5.41, 5.74) is 0. The molecule has 0 spiro atoms.